The molecule has 0 fully saturated rings. The van der Waals surface area contributed by atoms with Gasteiger partial charge >= 0.3 is 6.18 Å². The van der Waals surface area contributed by atoms with Crippen LogP contribution < -0.4 is 5.32 Å². The second kappa shape index (κ2) is 8.66. The Morgan fingerprint density at radius 2 is 1.74 bits per heavy atom. The average Bonchev–Trinajstić information content (AvgIpc) is 2.82. The Bertz CT molecular complexity index is 1500. The summed E-state index contributed by atoms with van der Waals surface area (Å²) in [4.78, 5) is 20.8. The Balaban J connectivity index is 1.74. The first kappa shape index (κ1) is 22.2. The summed E-state index contributed by atoms with van der Waals surface area (Å²) in [5.41, 5.74) is 1.27. The Morgan fingerprint density at radius 3 is 2.50 bits per heavy atom. The van der Waals surface area contributed by atoms with E-state index in [4.69, 9.17) is 23.2 Å². The summed E-state index contributed by atoms with van der Waals surface area (Å²) in [5.74, 6) is -0.0562. The van der Waals surface area contributed by atoms with Gasteiger partial charge in [0.1, 0.15) is 17.0 Å². The molecule has 1 N–H and O–H groups in total. The molecule has 0 spiro atoms. The minimum Gasteiger partial charge on any atom is -0.353 e. The lowest BCUT2D eigenvalue weighted by Crippen LogP contribution is -2.29. The van der Waals surface area contributed by atoms with Crippen LogP contribution in [0.4, 0.5) is 19.0 Å². The number of nitrogens with one attached hydrogen (secondary N) is 1. The van der Waals surface area contributed by atoms with Crippen molar-refractivity contribution in [2.75, 3.05) is 5.32 Å². The molecule has 0 aliphatic heterocycles. The van der Waals surface area contributed by atoms with Crippen molar-refractivity contribution in [2.24, 2.45) is 0 Å². The van der Waals surface area contributed by atoms with Gasteiger partial charge in [-0.3, -0.25) is 4.98 Å². The van der Waals surface area contributed by atoms with Crippen molar-refractivity contribution in [2.45, 2.75) is 12.2 Å². The van der Waals surface area contributed by atoms with Gasteiger partial charge < -0.3 is 5.32 Å². The highest BCUT2D eigenvalue weighted by Gasteiger charge is 2.43. The zero-order valence-electron chi connectivity index (χ0n) is 17.1. The molecule has 1 atom stereocenters. The predicted molar refractivity (Wildman–Crippen MR) is 125 cm³/mol. The zero-order chi connectivity index (χ0) is 23.9. The van der Waals surface area contributed by atoms with Gasteiger partial charge in [-0.2, -0.15) is 13.2 Å². The molecule has 0 saturated carbocycles. The number of aromatic nitrogens is 5. The summed E-state index contributed by atoms with van der Waals surface area (Å²) in [6, 6.07) is 10.5. The van der Waals surface area contributed by atoms with Crippen molar-refractivity contribution in [3.63, 3.8) is 0 Å². The molecule has 34 heavy (non-hydrogen) atoms. The van der Waals surface area contributed by atoms with Crippen molar-refractivity contribution in [3.8, 4) is 11.3 Å². The Kier molecular flexibility index (Phi) is 5.66. The van der Waals surface area contributed by atoms with E-state index < -0.39 is 12.2 Å². The minimum atomic E-state index is -4.71. The quantitative estimate of drug-likeness (QED) is 0.278. The minimum absolute atomic E-state index is 0.0562. The van der Waals surface area contributed by atoms with Gasteiger partial charge in [-0.1, -0.05) is 35.3 Å². The van der Waals surface area contributed by atoms with E-state index in [9.17, 15) is 13.2 Å². The van der Waals surface area contributed by atoms with E-state index in [0.29, 0.717) is 27.0 Å². The monoisotopic (exact) mass is 500 g/mol. The van der Waals surface area contributed by atoms with E-state index in [1.807, 2.05) is 0 Å². The van der Waals surface area contributed by atoms with Crippen LogP contribution in [0.3, 0.4) is 0 Å². The van der Waals surface area contributed by atoms with Crippen molar-refractivity contribution in [1.82, 2.24) is 24.9 Å². The molecule has 4 heterocycles. The van der Waals surface area contributed by atoms with E-state index in [0.717, 1.165) is 0 Å². The lowest BCUT2D eigenvalue weighted by Gasteiger charge is -2.25. The highest BCUT2D eigenvalue weighted by atomic mass is 35.5. The number of nitrogens with zero attached hydrogens (tertiary/aromatic N) is 5. The van der Waals surface area contributed by atoms with E-state index >= 15 is 0 Å². The SMILES string of the molecule is FC(F)(F)[C@H](Nc1ncnc2cccnc12)c1cc2cccc(Cl)c2nc1-c1ccc(Cl)nc1. The predicted octanol–water partition coefficient (Wildman–Crippen LogP) is 6.66. The second-order valence-electron chi connectivity index (χ2n) is 7.32. The van der Waals surface area contributed by atoms with Crippen LogP contribution in [-0.4, -0.2) is 31.1 Å². The molecule has 0 saturated heterocycles. The summed E-state index contributed by atoms with van der Waals surface area (Å²) in [5, 5.41) is 3.49. The number of benzene rings is 1. The maximum Gasteiger partial charge on any atom is 0.412 e. The smallest absolute Gasteiger partial charge is 0.353 e. The number of fused-ring (bicyclic) bond motifs is 2. The molecule has 11 heteroatoms. The molecule has 5 rings (SSSR count). The number of rotatable bonds is 4. The van der Waals surface area contributed by atoms with Crippen molar-refractivity contribution < 1.29 is 13.2 Å². The first-order chi connectivity index (χ1) is 16.3. The Morgan fingerprint density at radius 1 is 0.882 bits per heavy atom. The van der Waals surface area contributed by atoms with Gasteiger partial charge in [-0.25, -0.2) is 19.9 Å². The van der Waals surface area contributed by atoms with Crippen LogP contribution in [0.2, 0.25) is 10.2 Å². The third kappa shape index (κ3) is 4.20. The normalized spacial score (nSPS) is 12.7. The van der Waals surface area contributed by atoms with Crippen LogP contribution in [0.5, 0.6) is 0 Å². The van der Waals surface area contributed by atoms with E-state index in [-0.39, 0.29) is 27.7 Å². The van der Waals surface area contributed by atoms with Crippen LogP contribution in [-0.2, 0) is 0 Å². The molecule has 5 aromatic rings. The number of anilines is 1. The summed E-state index contributed by atoms with van der Waals surface area (Å²) in [7, 11) is 0. The lowest BCUT2D eigenvalue weighted by atomic mass is 9.98. The molecule has 0 unspecified atom stereocenters. The fraction of sp³-hybridized carbons (Fsp3) is 0.0870. The molecule has 1 aromatic carbocycles. The third-order valence-corrected chi connectivity index (χ3v) is 5.67. The van der Waals surface area contributed by atoms with Gasteiger partial charge in [-0.05, 0) is 36.4 Å². The molecular formula is C23H13Cl2F3N6. The van der Waals surface area contributed by atoms with Gasteiger partial charge in [0, 0.05) is 28.9 Å². The van der Waals surface area contributed by atoms with Gasteiger partial charge in [-0.15, -0.1) is 0 Å². The number of alkyl halides is 3. The summed E-state index contributed by atoms with van der Waals surface area (Å²) in [6.07, 6.45) is -0.702. The fourth-order valence-electron chi connectivity index (χ4n) is 3.62. The molecule has 0 radical (unpaired) electrons. The molecule has 0 aliphatic rings. The largest absolute Gasteiger partial charge is 0.412 e. The van der Waals surface area contributed by atoms with Gasteiger partial charge in [0.2, 0.25) is 0 Å². The summed E-state index contributed by atoms with van der Waals surface area (Å²) >= 11 is 12.2. The van der Waals surface area contributed by atoms with Crippen LogP contribution in [0.15, 0.2) is 67.3 Å². The number of para-hydroxylation sites is 1. The molecule has 4 aromatic heterocycles. The molecule has 0 amide bonds. The van der Waals surface area contributed by atoms with Crippen molar-refractivity contribution >= 4 is 51.0 Å². The van der Waals surface area contributed by atoms with E-state index in [1.165, 1.54) is 30.9 Å². The molecule has 170 valence electrons. The maximum atomic E-state index is 14.5. The van der Waals surface area contributed by atoms with E-state index in [1.54, 1.807) is 36.4 Å². The molecule has 0 aliphatic carbocycles. The first-order valence-corrected chi connectivity index (χ1v) is 10.7. The Hall–Kier alpha value is -3.56. The third-order valence-electron chi connectivity index (χ3n) is 5.14. The summed E-state index contributed by atoms with van der Waals surface area (Å²) in [6.45, 7) is 0. The highest BCUT2D eigenvalue weighted by Crippen LogP contribution is 2.41. The van der Waals surface area contributed by atoms with Crippen LogP contribution in [0, 0.1) is 0 Å². The lowest BCUT2D eigenvalue weighted by molar-refractivity contribution is -0.143. The fourth-order valence-corrected chi connectivity index (χ4v) is 3.95. The van der Waals surface area contributed by atoms with Crippen LogP contribution >= 0.6 is 23.2 Å². The van der Waals surface area contributed by atoms with Crippen molar-refractivity contribution in [1.29, 1.82) is 0 Å². The second-order valence-corrected chi connectivity index (χ2v) is 8.11. The number of pyridine rings is 3. The van der Waals surface area contributed by atoms with Gasteiger partial charge in [0.25, 0.3) is 0 Å². The average molecular weight is 501 g/mol. The van der Waals surface area contributed by atoms with Crippen molar-refractivity contribution in [3.05, 3.63) is 83.0 Å². The molecular weight excluding hydrogens is 488 g/mol. The molecule has 6 nitrogen and oxygen atoms in total. The van der Waals surface area contributed by atoms with E-state index in [2.05, 4.69) is 30.2 Å². The number of hydrogen-bond donors (Lipinski definition) is 1. The van der Waals surface area contributed by atoms with Gasteiger partial charge in [0.15, 0.2) is 11.9 Å². The maximum absolute atomic E-state index is 14.5. The highest BCUT2D eigenvalue weighted by molar-refractivity contribution is 6.35. The standard InChI is InChI=1S/C23H13Cl2F3N6/c24-15-4-1-3-12-9-14(18(33-19(12)15)13-6-7-17(25)30-10-13)21(23(26,27)28)34-22-20-16(31-11-32-22)5-2-8-29-20/h1-11,21H,(H,31,32,34)/t21-/m1/s1. The zero-order valence-corrected chi connectivity index (χ0v) is 18.6. The van der Waals surface area contributed by atoms with Crippen LogP contribution in [0.1, 0.15) is 11.6 Å². The Labute approximate surface area is 200 Å². The first-order valence-electron chi connectivity index (χ1n) is 9.91. The number of hydrogen-bond acceptors (Lipinski definition) is 6. The summed E-state index contributed by atoms with van der Waals surface area (Å²) < 4.78 is 43.5. The van der Waals surface area contributed by atoms with Crippen LogP contribution in [0.25, 0.3) is 33.2 Å². The van der Waals surface area contributed by atoms with Gasteiger partial charge in [0.05, 0.1) is 21.7 Å². The molecule has 0 bridgehead atoms. The number of halogens is 5. The topological polar surface area (TPSA) is 76.5 Å².